The number of halogens is 3. The summed E-state index contributed by atoms with van der Waals surface area (Å²) in [4.78, 5) is 1.76. The number of hydrogen-bond donors (Lipinski definition) is 1. The Morgan fingerprint density at radius 1 is 1.33 bits per heavy atom. The molecule has 0 aromatic heterocycles. The fourth-order valence-corrected chi connectivity index (χ4v) is 4.56. The van der Waals surface area contributed by atoms with E-state index in [9.17, 15) is 26.7 Å². The Morgan fingerprint density at radius 3 is 2.54 bits per heavy atom. The highest BCUT2D eigenvalue weighted by Crippen LogP contribution is 2.40. The number of nitrogens with zero attached hydrogens (tertiary/aromatic N) is 1. The van der Waals surface area contributed by atoms with Gasteiger partial charge in [-0.25, -0.2) is 8.42 Å². The second-order valence-electron chi connectivity index (χ2n) is 6.64. The molecule has 3 unspecified atom stereocenters. The molecule has 1 aromatic carbocycles. The van der Waals surface area contributed by atoms with Gasteiger partial charge in [-0.05, 0) is 24.0 Å². The molecule has 1 aliphatic rings. The first-order valence-corrected chi connectivity index (χ1v) is 9.79. The van der Waals surface area contributed by atoms with Crippen LogP contribution in [-0.2, 0) is 16.0 Å². The summed E-state index contributed by atoms with van der Waals surface area (Å²) in [5, 5.41) is 9.93. The zero-order valence-electron chi connectivity index (χ0n) is 13.6. The molecule has 1 saturated heterocycles. The molecule has 0 saturated carbocycles. The molecule has 0 spiro atoms. The number of likely N-dealkylation sites (tertiary alicyclic amines) is 1. The van der Waals surface area contributed by atoms with Gasteiger partial charge in [0, 0.05) is 25.4 Å². The summed E-state index contributed by atoms with van der Waals surface area (Å²) in [5.41, 5.74) is -0.571. The normalized spacial score (nSPS) is 24.2. The molecule has 0 radical (unpaired) electrons. The lowest BCUT2D eigenvalue weighted by molar-refractivity contribution is -0.138. The maximum absolute atomic E-state index is 13.3. The maximum atomic E-state index is 13.3. The predicted octanol–water partition coefficient (Wildman–Crippen LogP) is 2.49. The minimum Gasteiger partial charge on any atom is -0.392 e. The van der Waals surface area contributed by atoms with Gasteiger partial charge < -0.3 is 5.11 Å². The molecule has 1 heterocycles. The number of sulfone groups is 1. The fourth-order valence-electron chi connectivity index (χ4n) is 3.42. The Bertz CT molecular complexity index is 675. The third-order valence-electron chi connectivity index (χ3n) is 4.14. The minimum atomic E-state index is -4.46. The summed E-state index contributed by atoms with van der Waals surface area (Å²) in [5.74, 6) is -0.265. The zero-order chi connectivity index (χ0) is 18.1. The maximum Gasteiger partial charge on any atom is 0.416 e. The molecule has 8 heteroatoms. The molecular weight excluding hydrogens is 343 g/mol. The van der Waals surface area contributed by atoms with E-state index in [1.54, 1.807) is 17.9 Å². The van der Waals surface area contributed by atoms with E-state index in [-0.39, 0.29) is 30.2 Å². The second-order valence-corrected chi connectivity index (χ2v) is 8.83. The standard InChI is InChI=1S/C16H22F3NO3S/c1-11(10-24(2,22)23)8-20-9-12(21)7-15(20)13-5-3-4-6-14(13)16(17,18)19/h3-6,11-12,15,21H,7-10H2,1-2H3. The van der Waals surface area contributed by atoms with Gasteiger partial charge in [-0.2, -0.15) is 13.2 Å². The third-order valence-corrected chi connectivity index (χ3v) is 5.31. The first-order valence-electron chi connectivity index (χ1n) is 7.73. The van der Waals surface area contributed by atoms with E-state index in [0.717, 1.165) is 12.3 Å². The van der Waals surface area contributed by atoms with Gasteiger partial charge in [0.15, 0.2) is 0 Å². The molecule has 0 aliphatic carbocycles. The Kier molecular flexibility index (Phi) is 5.61. The predicted molar refractivity (Wildman–Crippen MR) is 85.3 cm³/mol. The summed E-state index contributed by atoms with van der Waals surface area (Å²) in [7, 11) is -3.16. The van der Waals surface area contributed by atoms with Crippen LogP contribution in [0.2, 0.25) is 0 Å². The van der Waals surface area contributed by atoms with Gasteiger partial charge in [0.2, 0.25) is 0 Å². The first kappa shape index (κ1) is 19.2. The Balaban J connectivity index is 2.25. The van der Waals surface area contributed by atoms with Crippen LogP contribution >= 0.6 is 0 Å². The van der Waals surface area contributed by atoms with Gasteiger partial charge in [-0.1, -0.05) is 25.1 Å². The van der Waals surface area contributed by atoms with Crippen LogP contribution in [0.3, 0.4) is 0 Å². The van der Waals surface area contributed by atoms with Gasteiger partial charge in [0.25, 0.3) is 0 Å². The first-order chi connectivity index (χ1) is 11.0. The average Bonchev–Trinajstić information content (AvgIpc) is 2.76. The van der Waals surface area contributed by atoms with E-state index in [2.05, 4.69) is 0 Å². The lowest BCUT2D eigenvalue weighted by atomic mass is 9.97. The summed E-state index contributed by atoms with van der Waals surface area (Å²) >= 11 is 0. The number of alkyl halides is 3. The summed E-state index contributed by atoms with van der Waals surface area (Å²) < 4.78 is 62.6. The highest BCUT2D eigenvalue weighted by Gasteiger charge is 2.40. The van der Waals surface area contributed by atoms with E-state index in [1.165, 1.54) is 12.1 Å². The summed E-state index contributed by atoms with van der Waals surface area (Å²) in [6.45, 7) is 2.31. The van der Waals surface area contributed by atoms with Crippen molar-refractivity contribution >= 4 is 9.84 Å². The third kappa shape index (κ3) is 4.94. The minimum absolute atomic E-state index is 0.0345. The van der Waals surface area contributed by atoms with Gasteiger partial charge >= 0.3 is 6.18 Å². The van der Waals surface area contributed by atoms with Crippen LogP contribution in [0.25, 0.3) is 0 Å². The van der Waals surface area contributed by atoms with Crippen LogP contribution in [0.15, 0.2) is 24.3 Å². The number of benzene rings is 1. The smallest absolute Gasteiger partial charge is 0.392 e. The number of β-amino-alcohol motifs (C(OH)–C–C–N with tert-alkyl or cyclic N) is 1. The van der Waals surface area contributed by atoms with Crippen molar-refractivity contribution in [1.29, 1.82) is 0 Å². The van der Waals surface area contributed by atoms with Crippen molar-refractivity contribution in [2.45, 2.75) is 31.7 Å². The average molecular weight is 365 g/mol. The van der Waals surface area contributed by atoms with E-state index in [4.69, 9.17) is 0 Å². The monoisotopic (exact) mass is 365 g/mol. The molecule has 1 aliphatic heterocycles. The van der Waals surface area contributed by atoms with E-state index in [0.29, 0.717) is 6.54 Å². The fraction of sp³-hybridized carbons (Fsp3) is 0.625. The lowest BCUT2D eigenvalue weighted by Crippen LogP contribution is -2.32. The van der Waals surface area contributed by atoms with Crippen molar-refractivity contribution in [1.82, 2.24) is 4.90 Å². The largest absolute Gasteiger partial charge is 0.416 e. The zero-order valence-corrected chi connectivity index (χ0v) is 14.4. The van der Waals surface area contributed by atoms with E-state index in [1.807, 2.05) is 0 Å². The molecule has 3 atom stereocenters. The quantitative estimate of drug-likeness (QED) is 0.871. The van der Waals surface area contributed by atoms with Crippen LogP contribution in [0.1, 0.15) is 30.5 Å². The number of aliphatic hydroxyl groups excluding tert-OH is 1. The van der Waals surface area contributed by atoms with Crippen molar-refractivity contribution in [2.24, 2.45) is 5.92 Å². The number of aliphatic hydroxyl groups is 1. The molecular formula is C16H22F3NO3S. The highest BCUT2D eigenvalue weighted by molar-refractivity contribution is 7.90. The molecule has 1 fully saturated rings. The van der Waals surface area contributed by atoms with Crippen LogP contribution in [0, 0.1) is 5.92 Å². The molecule has 136 valence electrons. The second kappa shape index (κ2) is 7.01. The van der Waals surface area contributed by atoms with Gasteiger partial charge in [0.1, 0.15) is 9.84 Å². The molecule has 2 rings (SSSR count). The van der Waals surface area contributed by atoms with Gasteiger partial charge in [-0.3, -0.25) is 4.90 Å². The molecule has 0 amide bonds. The Morgan fingerprint density at radius 2 is 1.96 bits per heavy atom. The van der Waals surface area contributed by atoms with Crippen LogP contribution < -0.4 is 0 Å². The Hall–Kier alpha value is -1.12. The van der Waals surface area contributed by atoms with Gasteiger partial charge in [-0.15, -0.1) is 0 Å². The van der Waals surface area contributed by atoms with Crippen molar-refractivity contribution in [3.05, 3.63) is 35.4 Å². The Labute approximate surface area is 140 Å². The van der Waals surface area contributed by atoms with Crippen molar-refractivity contribution in [3.8, 4) is 0 Å². The lowest BCUT2D eigenvalue weighted by Gasteiger charge is -2.29. The molecule has 0 bridgehead atoms. The molecule has 24 heavy (non-hydrogen) atoms. The molecule has 1 aromatic rings. The van der Waals surface area contributed by atoms with Crippen LogP contribution in [0.5, 0.6) is 0 Å². The topological polar surface area (TPSA) is 57.6 Å². The summed E-state index contributed by atoms with van der Waals surface area (Å²) in [6, 6.07) is 4.79. The van der Waals surface area contributed by atoms with Crippen molar-refractivity contribution in [2.75, 3.05) is 25.1 Å². The van der Waals surface area contributed by atoms with E-state index < -0.39 is 33.7 Å². The SMILES string of the molecule is CC(CN1CC(O)CC1c1ccccc1C(F)(F)F)CS(C)(=O)=O. The highest BCUT2D eigenvalue weighted by atomic mass is 32.2. The molecule has 4 nitrogen and oxygen atoms in total. The van der Waals surface area contributed by atoms with E-state index >= 15 is 0 Å². The van der Waals surface area contributed by atoms with Gasteiger partial charge in [0.05, 0.1) is 17.4 Å². The molecule has 1 N–H and O–H groups in total. The number of hydrogen-bond acceptors (Lipinski definition) is 4. The number of rotatable bonds is 5. The van der Waals surface area contributed by atoms with Crippen LogP contribution in [0.4, 0.5) is 13.2 Å². The van der Waals surface area contributed by atoms with Crippen molar-refractivity contribution < 1.29 is 26.7 Å². The van der Waals surface area contributed by atoms with Crippen LogP contribution in [-0.4, -0.2) is 49.6 Å². The van der Waals surface area contributed by atoms with Crippen molar-refractivity contribution in [3.63, 3.8) is 0 Å². The summed E-state index contributed by atoms with van der Waals surface area (Å²) in [6.07, 6.45) is -3.84.